The van der Waals surface area contributed by atoms with Gasteiger partial charge in [0.1, 0.15) is 24.5 Å². The molecule has 0 bridgehead atoms. The number of alkyl halides is 3. The lowest BCUT2D eigenvalue weighted by atomic mass is 10.2. The number of halogens is 3. The zero-order chi connectivity index (χ0) is 21.6. The van der Waals surface area contributed by atoms with Crippen molar-refractivity contribution in [2.75, 3.05) is 18.5 Å². The Kier molecular flexibility index (Phi) is 6.47. The van der Waals surface area contributed by atoms with Crippen LogP contribution in [-0.2, 0) is 16.1 Å². The molecule has 0 radical (unpaired) electrons. The molecule has 3 rings (SSSR count). The smallest absolute Gasteiger partial charge is 0.480 e. The summed E-state index contributed by atoms with van der Waals surface area (Å²) >= 11 is 0. The van der Waals surface area contributed by atoms with Crippen molar-refractivity contribution in [2.45, 2.75) is 12.9 Å². The lowest BCUT2D eigenvalue weighted by Crippen LogP contribution is -2.16. The van der Waals surface area contributed by atoms with Gasteiger partial charge in [0.05, 0.1) is 25.0 Å². The summed E-state index contributed by atoms with van der Waals surface area (Å²) in [6.45, 7) is 0.187. The topological polar surface area (TPSA) is 111 Å². The number of carboxylic acids is 1. The number of nitrogens with zero attached hydrogens (tertiary/aromatic N) is 4. The van der Waals surface area contributed by atoms with Crippen molar-refractivity contribution in [1.29, 1.82) is 0 Å². The van der Waals surface area contributed by atoms with E-state index in [4.69, 9.17) is 9.84 Å². The molecule has 0 fully saturated rings. The van der Waals surface area contributed by atoms with Crippen molar-refractivity contribution in [3.05, 3.63) is 49.1 Å². The molecule has 0 aliphatic carbocycles. The van der Waals surface area contributed by atoms with Crippen molar-refractivity contribution < 1.29 is 32.5 Å². The minimum atomic E-state index is -4.75. The second-order valence-electron chi connectivity index (χ2n) is 5.92. The monoisotopic (exact) mass is 423 g/mol. The third-order valence-corrected chi connectivity index (χ3v) is 3.65. The largest absolute Gasteiger partial charge is 0.573 e. The average molecular weight is 423 g/mol. The molecule has 158 valence electrons. The fourth-order valence-corrected chi connectivity index (χ4v) is 2.41. The standard InChI is InChI=1S/C18H16F3N5O4/c19-18(20,21)30-14-3-1-13(2-4-14)25-16-7-15(22-11-23-16)12-8-24-26(9-12)5-6-29-10-17(27)28/h1-4,7-9,11H,5-6,10H2,(H,27,28)(H,22,23,25). The molecule has 0 saturated heterocycles. The molecule has 0 atom stereocenters. The Balaban J connectivity index is 1.62. The molecular formula is C18H16F3N5O4. The van der Waals surface area contributed by atoms with E-state index in [9.17, 15) is 18.0 Å². The molecule has 0 unspecified atom stereocenters. The van der Waals surface area contributed by atoms with Gasteiger partial charge in [-0.15, -0.1) is 13.2 Å². The van der Waals surface area contributed by atoms with E-state index in [1.165, 1.54) is 30.6 Å². The van der Waals surface area contributed by atoms with Crippen LogP contribution < -0.4 is 10.1 Å². The number of rotatable bonds is 9. The number of carboxylic acid groups (broad SMARTS) is 1. The van der Waals surface area contributed by atoms with Gasteiger partial charge in [0, 0.05) is 23.5 Å². The van der Waals surface area contributed by atoms with Crippen LogP contribution >= 0.6 is 0 Å². The Hall–Kier alpha value is -3.67. The van der Waals surface area contributed by atoms with Crippen LogP contribution in [0.15, 0.2) is 49.1 Å². The fraction of sp³-hybridized carbons (Fsp3) is 0.222. The van der Waals surface area contributed by atoms with E-state index in [-0.39, 0.29) is 19.0 Å². The minimum absolute atomic E-state index is 0.193. The number of aliphatic carboxylic acids is 1. The zero-order valence-electron chi connectivity index (χ0n) is 15.3. The predicted octanol–water partition coefficient (Wildman–Crippen LogP) is 3.08. The second-order valence-corrected chi connectivity index (χ2v) is 5.92. The Morgan fingerprint density at radius 1 is 1.20 bits per heavy atom. The van der Waals surface area contributed by atoms with Crippen molar-refractivity contribution in [3.8, 4) is 17.0 Å². The molecule has 1 aromatic carbocycles. The van der Waals surface area contributed by atoms with Gasteiger partial charge in [0.25, 0.3) is 0 Å². The third kappa shape index (κ3) is 6.44. The number of carbonyl (C=O) groups is 1. The Labute approximate surface area is 168 Å². The second kappa shape index (κ2) is 9.22. The van der Waals surface area contributed by atoms with Gasteiger partial charge in [-0.2, -0.15) is 5.10 Å². The van der Waals surface area contributed by atoms with Gasteiger partial charge in [-0.05, 0) is 24.3 Å². The molecule has 0 amide bonds. The van der Waals surface area contributed by atoms with Gasteiger partial charge in [-0.1, -0.05) is 0 Å². The van der Waals surface area contributed by atoms with Gasteiger partial charge in [-0.25, -0.2) is 14.8 Å². The molecule has 2 aromatic heterocycles. The number of hydrogen-bond donors (Lipinski definition) is 2. The maximum atomic E-state index is 12.2. The first-order valence-corrected chi connectivity index (χ1v) is 8.56. The fourth-order valence-electron chi connectivity index (χ4n) is 2.41. The van der Waals surface area contributed by atoms with Crippen molar-refractivity contribution in [2.24, 2.45) is 0 Å². The zero-order valence-corrected chi connectivity index (χ0v) is 15.3. The summed E-state index contributed by atoms with van der Waals surface area (Å²) in [5.41, 5.74) is 1.79. The van der Waals surface area contributed by atoms with E-state index in [1.54, 1.807) is 23.1 Å². The molecule has 2 N–H and O–H groups in total. The highest BCUT2D eigenvalue weighted by Gasteiger charge is 2.30. The predicted molar refractivity (Wildman–Crippen MR) is 98.1 cm³/mol. The van der Waals surface area contributed by atoms with E-state index < -0.39 is 12.3 Å². The average Bonchev–Trinajstić information content (AvgIpc) is 3.15. The Bertz CT molecular complexity index is 992. The highest BCUT2D eigenvalue weighted by Crippen LogP contribution is 2.25. The highest BCUT2D eigenvalue weighted by molar-refractivity contribution is 5.68. The highest BCUT2D eigenvalue weighted by atomic mass is 19.4. The van der Waals surface area contributed by atoms with Gasteiger partial charge in [0.15, 0.2) is 0 Å². The summed E-state index contributed by atoms with van der Waals surface area (Å²) in [5, 5.41) is 15.7. The molecule has 2 heterocycles. The molecule has 9 nitrogen and oxygen atoms in total. The first-order chi connectivity index (χ1) is 14.3. The van der Waals surface area contributed by atoms with E-state index in [1.807, 2.05) is 0 Å². The van der Waals surface area contributed by atoms with Crippen molar-refractivity contribution in [1.82, 2.24) is 19.7 Å². The first-order valence-electron chi connectivity index (χ1n) is 8.56. The van der Waals surface area contributed by atoms with Crippen LogP contribution in [0.25, 0.3) is 11.3 Å². The van der Waals surface area contributed by atoms with Crippen molar-refractivity contribution >= 4 is 17.5 Å². The van der Waals surface area contributed by atoms with E-state index in [2.05, 4.69) is 25.1 Å². The molecule has 30 heavy (non-hydrogen) atoms. The van der Waals surface area contributed by atoms with Gasteiger partial charge in [0.2, 0.25) is 0 Å². The summed E-state index contributed by atoms with van der Waals surface area (Å²) in [6.07, 6.45) is -0.0957. The van der Waals surface area contributed by atoms with Gasteiger partial charge < -0.3 is 19.9 Å². The maximum absolute atomic E-state index is 12.2. The number of hydrogen-bond acceptors (Lipinski definition) is 7. The minimum Gasteiger partial charge on any atom is -0.480 e. The number of anilines is 2. The Morgan fingerprint density at radius 3 is 2.67 bits per heavy atom. The lowest BCUT2D eigenvalue weighted by molar-refractivity contribution is -0.274. The van der Waals surface area contributed by atoms with Gasteiger partial charge >= 0.3 is 12.3 Å². The molecule has 3 aromatic rings. The van der Waals surface area contributed by atoms with Crippen LogP contribution in [0.5, 0.6) is 5.75 Å². The van der Waals surface area contributed by atoms with Crippen LogP contribution in [0.4, 0.5) is 24.7 Å². The van der Waals surface area contributed by atoms with Crippen molar-refractivity contribution in [3.63, 3.8) is 0 Å². The van der Waals surface area contributed by atoms with Crippen LogP contribution in [0.3, 0.4) is 0 Å². The maximum Gasteiger partial charge on any atom is 0.573 e. The molecule has 0 saturated carbocycles. The van der Waals surface area contributed by atoms with Crippen LogP contribution in [0.2, 0.25) is 0 Å². The van der Waals surface area contributed by atoms with Crippen LogP contribution in [0.1, 0.15) is 0 Å². The number of nitrogens with one attached hydrogen (secondary N) is 1. The third-order valence-electron chi connectivity index (χ3n) is 3.65. The molecular weight excluding hydrogens is 407 g/mol. The number of aromatic nitrogens is 4. The molecule has 0 aliphatic heterocycles. The van der Waals surface area contributed by atoms with E-state index in [0.717, 1.165) is 0 Å². The quantitative estimate of drug-likeness (QED) is 0.505. The summed E-state index contributed by atoms with van der Waals surface area (Å²) in [7, 11) is 0. The van der Waals surface area contributed by atoms with Gasteiger partial charge in [-0.3, -0.25) is 4.68 Å². The molecule has 0 spiro atoms. The normalized spacial score (nSPS) is 11.3. The number of benzene rings is 1. The summed E-state index contributed by atoms with van der Waals surface area (Å²) in [4.78, 5) is 18.7. The lowest BCUT2D eigenvalue weighted by Gasteiger charge is -2.10. The molecule has 12 heteroatoms. The van der Waals surface area contributed by atoms with E-state index >= 15 is 0 Å². The summed E-state index contributed by atoms with van der Waals surface area (Å²) in [6, 6.07) is 6.89. The SMILES string of the molecule is O=C(O)COCCn1cc(-c2cc(Nc3ccc(OC(F)(F)F)cc3)ncn2)cn1. The Morgan fingerprint density at radius 2 is 1.97 bits per heavy atom. The summed E-state index contributed by atoms with van der Waals surface area (Å²) < 4.78 is 47.1. The summed E-state index contributed by atoms with van der Waals surface area (Å²) in [5.74, 6) is -0.933. The van der Waals surface area contributed by atoms with E-state index in [0.29, 0.717) is 29.3 Å². The van der Waals surface area contributed by atoms with Crippen LogP contribution in [-0.4, -0.2) is 50.4 Å². The first kappa shape index (κ1) is 21.0. The van der Waals surface area contributed by atoms with Crippen LogP contribution in [0, 0.1) is 0 Å². The number of ether oxygens (including phenoxy) is 2. The molecule has 0 aliphatic rings.